The summed E-state index contributed by atoms with van der Waals surface area (Å²) >= 11 is 5.89. The number of nitrogens with one attached hydrogen (secondary N) is 1. The second-order valence-corrected chi connectivity index (χ2v) is 7.72. The number of ether oxygens (including phenoxy) is 3. The summed E-state index contributed by atoms with van der Waals surface area (Å²) in [6, 6.07) is 8.08. The monoisotopic (exact) mass is 446 g/mol. The van der Waals surface area contributed by atoms with Crippen LogP contribution in [0.1, 0.15) is 6.42 Å². The van der Waals surface area contributed by atoms with Crippen molar-refractivity contribution in [3.8, 4) is 11.5 Å². The largest absolute Gasteiger partial charge is 0.493 e. The second-order valence-electron chi connectivity index (χ2n) is 7.32. The zero-order chi connectivity index (χ0) is 21.8. The number of fused-ring (bicyclic) bond motifs is 1. The smallest absolute Gasteiger partial charge is 0.162 e. The molecule has 0 saturated carbocycles. The maximum Gasteiger partial charge on any atom is 0.162 e. The molecule has 1 saturated heterocycles. The first-order valence-electron chi connectivity index (χ1n) is 10.00. The zero-order valence-electron chi connectivity index (χ0n) is 17.4. The van der Waals surface area contributed by atoms with Gasteiger partial charge in [-0.1, -0.05) is 11.6 Å². The number of halogens is 2. The van der Waals surface area contributed by atoms with Crippen molar-refractivity contribution in [1.82, 2.24) is 14.9 Å². The molecule has 1 aromatic heterocycles. The van der Waals surface area contributed by atoms with Crippen molar-refractivity contribution in [3.63, 3.8) is 0 Å². The van der Waals surface area contributed by atoms with E-state index in [4.69, 9.17) is 25.8 Å². The highest BCUT2D eigenvalue weighted by atomic mass is 35.5. The van der Waals surface area contributed by atoms with E-state index in [-0.39, 0.29) is 5.02 Å². The summed E-state index contributed by atoms with van der Waals surface area (Å²) in [7, 11) is 3.34. The van der Waals surface area contributed by atoms with Gasteiger partial charge in [0.05, 0.1) is 30.4 Å². The standard InChI is InChI=1S/C22H24ClFN4O3/c1-29-15-11-28(12-15)6-3-7-31-21-9-16-19(10-20(21)30-2)25-13-26-22(16)27-14-4-5-18(24)17(23)8-14/h4-5,8-10,13,15H,3,6-7,11-12H2,1-2H3,(H,25,26,27). The number of nitrogens with zero attached hydrogens (tertiary/aromatic N) is 3. The van der Waals surface area contributed by atoms with E-state index in [0.717, 1.165) is 31.4 Å². The van der Waals surface area contributed by atoms with Crippen molar-refractivity contribution >= 4 is 34.0 Å². The fourth-order valence-corrected chi connectivity index (χ4v) is 3.65. The number of aromatic nitrogens is 2. The molecule has 9 heteroatoms. The highest BCUT2D eigenvalue weighted by Crippen LogP contribution is 2.35. The van der Waals surface area contributed by atoms with Crippen molar-refractivity contribution in [2.45, 2.75) is 12.5 Å². The third-order valence-electron chi connectivity index (χ3n) is 5.24. The van der Waals surface area contributed by atoms with Crippen LogP contribution in [0.3, 0.4) is 0 Å². The van der Waals surface area contributed by atoms with Crippen molar-refractivity contribution in [3.05, 3.63) is 47.5 Å². The summed E-state index contributed by atoms with van der Waals surface area (Å²) in [5, 5.41) is 3.96. The van der Waals surface area contributed by atoms with Gasteiger partial charge in [0.1, 0.15) is 18.0 Å². The van der Waals surface area contributed by atoms with Gasteiger partial charge in [0.25, 0.3) is 0 Å². The summed E-state index contributed by atoms with van der Waals surface area (Å²) in [6.07, 6.45) is 2.70. The molecule has 0 atom stereocenters. The predicted octanol–water partition coefficient (Wildman–Crippen LogP) is 4.27. The lowest BCUT2D eigenvalue weighted by atomic mass is 10.1. The van der Waals surface area contributed by atoms with Crippen LogP contribution in [-0.4, -0.2) is 61.4 Å². The van der Waals surface area contributed by atoms with Gasteiger partial charge >= 0.3 is 0 Å². The number of methoxy groups -OCH3 is 2. The van der Waals surface area contributed by atoms with E-state index in [9.17, 15) is 4.39 Å². The molecule has 1 aliphatic heterocycles. The van der Waals surface area contributed by atoms with Crippen LogP contribution >= 0.6 is 11.6 Å². The lowest BCUT2D eigenvalue weighted by Gasteiger charge is -2.38. The van der Waals surface area contributed by atoms with E-state index in [1.54, 1.807) is 20.3 Å². The lowest BCUT2D eigenvalue weighted by Crippen LogP contribution is -2.51. The van der Waals surface area contributed by atoms with Crippen LogP contribution in [0.5, 0.6) is 11.5 Å². The van der Waals surface area contributed by atoms with Crippen molar-refractivity contribution in [2.75, 3.05) is 45.8 Å². The predicted molar refractivity (Wildman–Crippen MR) is 118 cm³/mol. The minimum atomic E-state index is -0.476. The molecule has 2 aromatic carbocycles. The molecule has 1 aliphatic rings. The quantitative estimate of drug-likeness (QED) is 0.492. The normalized spacial score (nSPS) is 14.5. The average molecular weight is 447 g/mol. The Hall–Kier alpha value is -2.68. The molecule has 3 aromatic rings. The molecule has 1 fully saturated rings. The number of rotatable bonds is 9. The van der Waals surface area contributed by atoms with Gasteiger partial charge in [0.2, 0.25) is 0 Å². The van der Waals surface area contributed by atoms with E-state index in [1.807, 2.05) is 12.1 Å². The van der Waals surface area contributed by atoms with Crippen LogP contribution in [0.25, 0.3) is 10.9 Å². The Morgan fingerprint density at radius 3 is 2.74 bits per heavy atom. The Morgan fingerprint density at radius 2 is 2.00 bits per heavy atom. The molecule has 164 valence electrons. The van der Waals surface area contributed by atoms with Gasteiger partial charge in [-0.3, -0.25) is 4.90 Å². The fraction of sp³-hybridized carbons (Fsp3) is 0.364. The molecule has 0 radical (unpaired) electrons. The van der Waals surface area contributed by atoms with Crippen LogP contribution in [0.4, 0.5) is 15.9 Å². The Morgan fingerprint density at radius 1 is 1.16 bits per heavy atom. The van der Waals surface area contributed by atoms with Crippen LogP contribution in [-0.2, 0) is 4.74 Å². The van der Waals surface area contributed by atoms with Crippen LogP contribution in [0.2, 0.25) is 5.02 Å². The maximum atomic E-state index is 13.5. The number of hydrogen-bond donors (Lipinski definition) is 1. The lowest BCUT2D eigenvalue weighted by molar-refractivity contribution is -0.0306. The van der Waals surface area contributed by atoms with Crippen molar-refractivity contribution < 1.29 is 18.6 Å². The van der Waals surface area contributed by atoms with Crippen molar-refractivity contribution in [2.24, 2.45) is 0 Å². The van der Waals surface area contributed by atoms with E-state index in [1.165, 1.54) is 18.5 Å². The molecule has 0 bridgehead atoms. The molecule has 31 heavy (non-hydrogen) atoms. The third kappa shape index (κ3) is 4.98. The average Bonchev–Trinajstić information content (AvgIpc) is 2.74. The van der Waals surface area contributed by atoms with E-state index in [0.29, 0.717) is 41.2 Å². The maximum absolute atomic E-state index is 13.5. The van der Waals surface area contributed by atoms with E-state index in [2.05, 4.69) is 20.2 Å². The molecule has 4 rings (SSSR count). The minimum Gasteiger partial charge on any atom is -0.493 e. The molecule has 2 heterocycles. The summed E-state index contributed by atoms with van der Waals surface area (Å²) in [4.78, 5) is 11.0. The number of benzene rings is 2. The summed E-state index contributed by atoms with van der Waals surface area (Å²) < 4.78 is 30.3. The second kappa shape index (κ2) is 9.64. The third-order valence-corrected chi connectivity index (χ3v) is 5.53. The first-order chi connectivity index (χ1) is 15.1. The van der Waals surface area contributed by atoms with Gasteiger partial charge in [0, 0.05) is 43.9 Å². The van der Waals surface area contributed by atoms with Gasteiger partial charge in [-0.2, -0.15) is 0 Å². The van der Waals surface area contributed by atoms with E-state index >= 15 is 0 Å². The van der Waals surface area contributed by atoms with Gasteiger partial charge < -0.3 is 19.5 Å². The topological polar surface area (TPSA) is 68.7 Å². The first-order valence-corrected chi connectivity index (χ1v) is 10.4. The molecule has 1 N–H and O–H groups in total. The highest BCUT2D eigenvalue weighted by Gasteiger charge is 2.25. The van der Waals surface area contributed by atoms with Gasteiger partial charge in [-0.25, -0.2) is 14.4 Å². The molecule has 0 unspecified atom stereocenters. The van der Waals surface area contributed by atoms with Gasteiger partial charge in [-0.15, -0.1) is 0 Å². The van der Waals surface area contributed by atoms with Gasteiger partial charge in [-0.05, 0) is 30.7 Å². The minimum absolute atomic E-state index is 0.0353. The Kier molecular flexibility index (Phi) is 6.70. The number of hydrogen-bond acceptors (Lipinski definition) is 7. The molecule has 0 aliphatic carbocycles. The molecule has 0 spiro atoms. The SMILES string of the molecule is COc1cc2ncnc(Nc3ccc(F)c(Cl)c3)c2cc1OCCCN1CC(OC)C1. The molecular formula is C22H24ClFN4O3. The van der Waals surface area contributed by atoms with Crippen LogP contribution in [0.15, 0.2) is 36.7 Å². The van der Waals surface area contributed by atoms with Gasteiger partial charge in [0.15, 0.2) is 11.5 Å². The van der Waals surface area contributed by atoms with Crippen molar-refractivity contribution in [1.29, 1.82) is 0 Å². The Bertz CT molecular complexity index is 1060. The number of anilines is 2. The summed E-state index contributed by atoms with van der Waals surface area (Å²) in [5.74, 6) is 1.30. The number of likely N-dealkylation sites (tertiary alicyclic amines) is 1. The highest BCUT2D eigenvalue weighted by molar-refractivity contribution is 6.31. The van der Waals surface area contributed by atoms with Crippen LogP contribution < -0.4 is 14.8 Å². The Balaban J connectivity index is 1.49. The van der Waals surface area contributed by atoms with Crippen LogP contribution in [0, 0.1) is 5.82 Å². The molecule has 7 nitrogen and oxygen atoms in total. The first kappa shape index (κ1) is 21.5. The molecule has 0 amide bonds. The Labute approximate surface area is 185 Å². The zero-order valence-corrected chi connectivity index (χ0v) is 18.2. The summed E-state index contributed by atoms with van der Waals surface area (Å²) in [6.45, 7) is 3.45. The summed E-state index contributed by atoms with van der Waals surface area (Å²) in [5.41, 5.74) is 1.31. The molecular weight excluding hydrogens is 423 g/mol. The fourth-order valence-electron chi connectivity index (χ4n) is 3.47. The van der Waals surface area contributed by atoms with E-state index < -0.39 is 5.82 Å².